The lowest BCUT2D eigenvalue weighted by Crippen LogP contribution is -2.29. The summed E-state index contributed by atoms with van der Waals surface area (Å²) in [5.41, 5.74) is 0.272. The quantitative estimate of drug-likeness (QED) is 0.517. The van der Waals surface area contributed by atoms with Crippen LogP contribution in [0.5, 0.6) is 0 Å². The average molecular weight is 272 g/mol. The molecule has 0 spiro atoms. The van der Waals surface area contributed by atoms with E-state index in [1.807, 2.05) is 0 Å². The fourth-order valence-electron chi connectivity index (χ4n) is 2.19. The smallest absolute Gasteiger partial charge is 0.321 e. The highest BCUT2D eigenvalue weighted by Crippen LogP contribution is 2.22. The van der Waals surface area contributed by atoms with Crippen LogP contribution in [0.25, 0.3) is 0 Å². The number of nitro groups is 1. The van der Waals surface area contributed by atoms with Crippen LogP contribution in [0.2, 0.25) is 0 Å². The number of nitrogens with one attached hydrogen (secondary N) is 1. The Morgan fingerprint density at radius 1 is 1.61 bits per heavy atom. The number of aromatic amines is 1. The molecule has 7 heteroatoms. The van der Waals surface area contributed by atoms with Gasteiger partial charge in [0.15, 0.2) is 5.69 Å². The number of aromatic nitrogens is 1. The van der Waals surface area contributed by atoms with E-state index in [0.717, 1.165) is 12.8 Å². The van der Waals surface area contributed by atoms with E-state index in [-0.39, 0.29) is 17.4 Å². The standard InChI is InChI=1S/C11H14ClN3O3/c12-5-3-8-4-6-14(7-8)11(16)9-1-2-10(13-9)15(17)18/h1-2,8,13H,3-7H2. The van der Waals surface area contributed by atoms with Crippen LogP contribution in [0.1, 0.15) is 23.3 Å². The Morgan fingerprint density at radius 3 is 3.00 bits per heavy atom. The molecule has 6 nitrogen and oxygen atoms in total. The van der Waals surface area contributed by atoms with Gasteiger partial charge in [-0.3, -0.25) is 4.79 Å². The zero-order chi connectivity index (χ0) is 13.1. The van der Waals surface area contributed by atoms with Gasteiger partial charge in [0.05, 0.1) is 0 Å². The highest BCUT2D eigenvalue weighted by atomic mass is 35.5. The molecule has 1 aliphatic rings. The number of nitrogens with zero attached hydrogens (tertiary/aromatic N) is 2. The number of likely N-dealkylation sites (tertiary alicyclic amines) is 1. The maximum Gasteiger partial charge on any atom is 0.321 e. The molecule has 1 amide bonds. The summed E-state index contributed by atoms with van der Waals surface area (Å²) >= 11 is 5.68. The molecule has 0 bridgehead atoms. The SMILES string of the molecule is O=C(c1ccc([N+](=O)[O-])[nH]1)N1CCC(CCCl)C1. The topological polar surface area (TPSA) is 79.2 Å². The molecule has 18 heavy (non-hydrogen) atoms. The fourth-order valence-corrected chi connectivity index (χ4v) is 2.50. The molecule has 1 fully saturated rings. The lowest BCUT2D eigenvalue weighted by Gasteiger charge is -2.13. The van der Waals surface area contributed by atoms with Crippen molar-refractivity contribution in [2.45, 2.75) is 12.8 Å². The second kappa shape index (κ2) is 5.39. The van der Waals surface area contributed by atoms with Gasteiger partial charge in [-0.25, -0.2) is 4.98 Å². The minimum atomic E-state index is -0.545. The third-order valence-corrected chi connectivity index (χ3v) is 3.41. The van der Waals surface area contributed by atoms with Crippen LogP contribution >= 0.6 is 11.6 Å². The summed E-state index contributed by atoms with van der Waals surface area (Å²) in [4.78, 5) is 26.3. The number of halogens is 1. The van der Waals surface area contributed by atoms with Gasteiger partial charge in [0.1, 0.15) is 0 Å². The first-order valence-electron chi connectivity index (χ1n) is 5.80. The molecule has 0 aliphatic carbocycles. The van der Waals surface area contributed by atoms with Crippen LogP contribution in [0.15, 0.2) is 12.1 Å². The number of amides is 1. The van der Waals surface area contributed by atoms with E-state index in [1.54, 1.807) is 4.90 Å². The van der Waals surface area contributed by atoms with Gasteiger partial charge in [0.25, 0.3) is 5.91 Å². The fraction of sp³-hybridized carbons (Fsp3) is 0.545. The summed E-state index contributed by atoms with van der Waals surface area (Å²) < 4.78 is 0. The maximum absolute atomic E-state index is 12.1. The van der Waals surface area contributed by atoms with Gasteiger partial charge >= 0.3 is 5.82 Å². The highest BCUT2D eigenvalue weighted by molar-refractivity contribution is 6.17. The van der Waals surface area contributed by atoms with Crippen molar-refractivity contribution >= 4 is 23.3 Å². The number of carbonyl (C=O) groups excluding carboxylic acids is 1. The van der Waals surface area contributed by atoms with E-state index in [4.69, 9.17) is 11.6 Å². The van der Waals surface area contributed by atoms with Gasteiger partial charge in [-0.2, -0.15) is 0 Å². The first-order chi connectivity index (χ1) is 8.61. The summed E-state index contributed by atoms with van der Waals surface area (Å²) in [5.74, 6) is 0.701. The Bertz CT molecular complexity index is 460. The van der Waals surface area contributed by atoms with Crippen molar-refractivity contribution in [3.63, 3.8) is 0 Å². The lowest BCUT2D eigenvalue weighted by molar-refractivity contribution is -0.389. The predicted molar refractivity (Wildman–Crippen MR) is 66.8 cm³/mol. The number of hydrogen-bond donors (Lipinski definition) is 1. The number of H-pyrrole nitrogens is 1. The van der Waals surface area contributed by atoms with Crippen molar-refractivity contribution in [3.8, 4) is 0 Å². The minimum Gasteiger partial charge on any atom is -0.358 e. The highest BCUT2D eigenvalue weighted by Gasteiger charge is 2.28. The molecule has 1 aromatic heterocycles. The third kappa shape index (κ3) is 2.64. The zero-order valence-electron chi connectivity index (χ0n) is 9.76. The van der Waals surface area contributed by atoms with Crippen LogP contribution < -0.4 is 0 Å². The summed E-state index contributed by atoms with van der Waals surface area (Å²) in [7, 11) is 0. The van der Waals surface area contributed by atoms with E-state index in [0.29, 0.717) is 24.9 Å². The van der Waals surface area contributed by atoms with Crippen LogP contribution in [-0.4, -0.2) is 39.7 Å². The first-order valence-corrected chi connectivity index (χ1v) is 6.34. The minimum absolute atomic E-state index is 0.158. The first kappa shape index (κ1) is 12.9. The molecule has 0 aromatic carbocycles. The monoisotopic (exact) mass is 271 g/mol. The van der Waals surface area contributed by atoms with Crippen LogP contribution in [0.3, 0.4) is 0 Å². The van der Waals surface area contributed by atoms with E-state index >= 15 is 0 Å². The molecule has 1 atom stereocenters. The van der Waals surface area contributed by atoms with Crippen LogP contribution in [0.4, 0.5) is 5.82 Å². The normalized spacial score (nSPS) is 19.2. The average Bonchev–Trinajstić information content (AvgIpc) is 2.97. The van der Waals surface area contributed by atoms with E-state index in [2.05, 4.69) is 4.98 Å². The summed E-state index contributed by atoms with van der Waals surface area (Å²) in [6, 6.07) is 2.76. The molecule has 1 saturated heterocycles. The number of alkyl halides is 1. The molecule has 0 saturated carbocycles. The largest absolute Gasteiger partial charge is 0.358 e. The Labute approximate surface area is 109 Å². The van der Waals surface area contributed by atoms with Crippen molar-refractivity contribution in [3.05, 3.63) is 27.9 Å². The lowest BCUT2D eigenvalue weighted by atomic mass is 10.1. The summed E-state index contributed by atoms with van der Waals surface area (Å²) in [5, 5.41) is 10.5. The molecular formula is C11H14ClN3O3. The van der Waals surface area contributed by atoms with E-state index in [9.17, 15) is 14.9 Å². The summed E-state index contributed by atoms with van der Waals surface area (Å²) in [6.45, 7) is 1.37. The molecule has 1 aliphatic heterocycles. The van der Waals surface area contributed by atoms with Gasteiger partial charge in [-0.1, -0.05) is 0 Å². The molecule has 98 valence electrons. The second-order valence-corrected chi connectivity index (χ2v) is 4.78. The molecule has 2 rings (SSSR count). The molecule has 1 aromatic rings. The van der Waals surface area contributed by atoms with Crippen molar-refractivity contribution in [2.24, 2.45) is 5.92 Å². The predicted octanol–water partition coefficient (Wildman–Crippen LogP) is 2.01. The third-order valence-electron chi connectivity index (χ3n) is 3.19. The Morgan fingerprint density at radius 2 is 2.39 bits per heavy atom. The molecule has 0 radical (unpaired) electrons. The molecule has 1 unspecified atom stereocenters. The van der Waals surface area contributed by atoms with Crippen molar-refractivity contribution in [1.82, 2.24) is 9.88 Å². The van der Waals surface area contributed by atoms with Gasteiger partial charge in [-0.05, 0) is 29.7 Å². The number of hydrogen-bond acceptors (Lipinski definition) is 3. The van der Waals surface area contributed by atoms with E-state index in [1.165, 1.54) is 12.1 Å². The summed E-state index contributed by atoms with van der Waals surface area (Å²) in [6.07, 6.45) is 1.84. The second-order valence-electron chi connectivity index (χ2n) is 4.40. The van der Waals surface area contributed by atoms with Crippen LogP contribution in [-0.2, 0) is 0 Å². The molecular weight excluding hydrogens is 258 g/mol. The van der Waals surface area contributed by atoms with Crippen molar-refractivity contribution < 1.29 is 9.72 Å². The number of rotatable bonds is 4. The van der Waals surface area contributed by atoms with E-state index < -0.39 is 4.92 Å². The zero-order valence-corrected chi connectivity index (χ0v) is 10.5. The van der Waals surface area contributed by atoms with Gasteiger partial charge < -0.3 is 15.0 Å². The van der Waals surface area contributed by atoms with Crippen LogP contribution in [0, 0.1) is 16.0 Å². The number of carbonyl (C=O) groups is 1. The van der Waals surface area contributed by atoms with Crippen molar-refractivity contribution in [2.75, 3.05) is 19.0 Å². The van der Waals surface area contributed by atoms with Gasteiger partial charge in [-0.15, -0.1) is 11.6 Å². The van der Waals surface area contributed by atoms with Gasteiger partial charge in [0.2, 0.25) is 0 Å². The molecule has 1 N–H and O–H groups in total. The Balaban J connectivity index is 2.01. The Hall–Kier alpha value is -1.56. The maximum atomic E-state index is 12.1. The molecule has 2 heterocycles. The van der Waals surface area contributed by atoms with Crippen molar-refractivity contribution in [1.29, 1.82) is 0 Å². The van der Waals surface area contributed by atoms with Gasteiger partial charge in [0, 0.05) is 25.0 Å². The Kier molecular flexibility index (Phi) is 3.86.